The van der Waals surface area contributed by atoms with Gasteiger partial charge in [-0.15, -0.1) is 0 Å². The third-order valence-electron chi connectivity index (χ3n) is 3.13. The van der Waals surface area contributed by atoms with Crippen LogP contribution in [0.2, 0.25) is 0 Å². The van der Waals surface area contributed by atoms with Crippen molar-refractivity contribution in [3.63, 3.8) is 0 Å². The highest BCUT2D eigenvalue weighted by molar-refractivity contribution is 5.76. The summed E-state index contributed by atoms with van der Waals surface area (Å²) in [6, 6.07) is -0.131. The highest BCUT2D eigenvalue weighted by atomic mass is 16.7. The average molecular weight is 244 g/mol. The van der Waals surface area contributed by atoms with Crippen molar-refractivity contribution in [2.75, 3.05) is 27.3 Å². The van der Waals surface area contributed by atoms with Gasteiger partial charge in [-0.1, -0.05) is 0 Å². The van der Waals surface area contributed by atoms with Crippen LogP contribution >= 0.6 is 0 Å². The Morgan fingerprint density at radius 2 is 2.18 bits per heavy atom. The van der Waals surface area contributed by atoms with Crippen molar-refractivity contribution in [3.05, 3.63) is 0 Å². The van der Waals surface area contributed by atoms with Gasteiger partial charge in [-0.25, -0.2) is 0 Å². The van der Waals surface area contributed by atoms with Crippen molar-refractivity contribution < 1.29 is 14.3 Å². The summed E-state index contributed by atoms with van der Waals surface area (Å²) in [6.45, 7) is 3.90. The molecule has 2 N–H and O–H groups in total. The second-order valence-electron chi connectivity index (χ2n) is 4.61. The zero-order chi connectivity index (χ0) is 12.7. The van der Waals surface area contributed by atoms with Gasteiger partial charge in [-0.2, -0.15) is 0 Å². The molecule has 1 rings (SSSR count). The summed E-state index contributed by atoms with van der Waals surface area (Å²) >= 11 is 0. The fourth-order valence-electron chi connectivity index (χ4n) is 2.25. The van der Waals surface area contributed by atoms with Crippen molar-refractivity contribution >= 4 is 5.91 Å². The summed E-state index contributed by atoms with van der Waals surface area (Å²) in [5, 5.41) is 6.22. The summed E-state index contributed by atoms with van der Waals surface area (Å²) in [5.41, 5.74) is 0. The largest absolute Gasteiger partial charge is 0.354 e. The minimum Gasteiger partial charge on any atom is -0.354 e. The Hall–Kier alpha value is -0.650. The molecule has 0 radical (unpaired) electrons. The summed E-state index contributed by atoms with van der Waals surface area (Å²) < 4.78 is 10.2. The normalized spacial score (nSPS) is 22.5. The topological polar surface area (TPSA) is 59.6 Å². The average Bonchev–Trinajstić information content (AvgIpc) is 2.31. The molecule has 2 atom stereocenters. The first kappa shape index (κ1) is 14.4. The minimum atomic E-state index is -0.386. The number of carbonyl (C=O) groups excluding carboxylic acids is 1. The smallest absolute Gasteiger partial charge is 0.220 e. The fraction of sp³-hybridized carbons (Fsp3) is 0.917. The van der Waals surface area contributed by atoms with Crippen LogP contribution < -0.4 is 10.6 Å². The molecule has 1 saturated heterocycles. The maximum absolute atomic E-state index is 11.8. The maximum atomic E-state index is 11.8. The zero-order valence-electron chi connectivity index (χ0n) is 11.0. The van der Waals surface area contributed by atoms with E-state index in [2.05, 4.69) is 10.6 Å². The van der Waals surface area contributed by atoms with Gasteiger partial charge in [0, 0.05) is 20.6 Å². The molecule has 1 fully saturated rings. The van der Waals surface area contributed by atoms with Gasteiger partial charge in [-0.3, -0.25) is 4.79 Å². The minimum absolute atomic E-state index is 0.0744. The molecule has 1 amide bonds. The molecule has 0 aliphatic carbocycles. The Morgan fingerprint density at radius 3 is 2.71 bits per heavy atom. The Morgan fingerprint density at radius 1 is 1.47 bits per heavy atom. The molecular weight excluding hydrogens is 220 g/mol. The van der Waals surface area contributed by atoms with Gasteiger partial charge in [0.05, 0.1) is 6.04 Å². The second-order valence-corrected chi connectivity index (χ2v) is 4.61. The Balaban J connectivity index is 2.27. The number of amides is 1. The van der Waals surface area contributed by atoms with E-state index < -0.39 is 0 Å². The van der Waals surface area contributed by atoms with E-state index in [9.17, 15) is 4.79 Å². The first-order valence-corrected chi connectivity index (χ1v) is 6.23. The molecule has 1 heterocycles. The van der Waals surface area contributed by atoms with Crippen LogP contribution in [0.3, 0.4) is 0 Å². The number of hydrogen-bond acceptors (Lipinski definition) is 4. The van der Waals surface area contributed by atoms with Gasteiger partial charge in [-0.05, 0) is 38.8 Å². The monoisotopic (exact) mass is 244 g/mol. The van der Waals surface area contributed by atoms with Crippen LogP contribution in [0.5, 0.6) is 0 Å². The highest BCUT2D eigenvalue weighted by Gasteiger charge is 2.21. The van der Waals surface area contributed by atoms with Crippen LogP contribution in [0.25, 0.3) is 0 Å². The van der Waals surface area contributed by atoms with Crippen LogP contribution in [-0.4, -0.2) is 45.5 Å². The number of rotatable bonds is 6. The molecule has 0 aromatic rings. The number of nitrogens with one attached hydrogen (secondary N) is 2. The quantitative estimate of drug-likeness (QED) is 0.668. The first-order valence-electron chi connectivity index (χ1n) is 6.23. The van der Waals surface area contributed by atoms with Crippen molar-refractivity contribution in [3.8, 4) is 0 Å². The van der Waals surface area contributed by atoms with Crippen molar-refractivity contribution in [1.82, 2.24) is 10.6 Å². The number of ether oxygens (including phenoxy) is 2. The predicted molar refractivity (Wildman–Crippen MR) is 65.6 cm³/mol. The number of hydrogen-bond donors (Lipinski definition) is 2. The number of methoxy groups -OCH3 is 2. The molecule has 0 bridgehead atoms. The fourth-order valence-corrected chi connectivity index (χ4v) is 2.25. The second kappa shape index (κ2) is 7.63. The van der Waals surface area contributed by atoms with Gasteiger partial charge in [0.15, 0.2) is 6.29 Å². The summed E-state index contributed by atoms with van der Waals surface area (Å²) in [5.74, 6) is 0.532. The Kier molecular flexibility index (Phi) is 6.47. The lowest BCUT2D eigenvalue weighted by Gasteiger charge is -2.25. The lowest BCUT2D eigenvalue weighted by atomic mass is 9.96. The van der Waals surface area contributed by atoms with E-state index in [1.54, 1.807) is 14.2 Å². The van der Waals surface area contributed by atoms with Gasteiger partial charge in [0.25, 0.3) is 0 Å². The van der Waals surface area contributed by atoms with E-state index in [1.807, 2.05) is 6.92 Å². The lowest BCUT2D eigenvalue weighted by molar-refractivity contribution is -0.136. The first-order chi connectivity index (χ1) is 8.17. The molecule has 1 aliphatic rings. The molecule has 2 unspecified atom stereocenters. The number of carbonyl (C=O) groups is 1. The van der Waals surface area contributed by atoms with Gasteiger partial charge < -0.3 is 20.1 Å². The van der Waals surface area contributed by atoms with E-state index in [0.717, 1.165) is 25.9 Å². The zero-order valence-corrected chi connectivity index (χ0v) is 11.0. The lowest BCUT2D eigenvalue weighted by Crippen LogP contribution is -2.44. The summed E-state index contributed by atoms with van der Waals surface area (Å²) in [7, 11) is 3.14. The number of piperidine rings is 1. The van der Waals surface area contributed by atoms with E-state index >= 15 is 0 Å². The molecule has 0 saturated carbocycles. The highest BCUT2D eigenvalue weighted by Crippen LogP contribution is 2.14. The van der Waals surface area contributed by atoms with Crippen molar-refractivity contribution in [1.29, 1.82) is 0 Å². The van der Waals surface area contributed by atoms with Crippen molar-refractivity contribution in [2.45, 2.75) is 38.5 Å². The van der Waals surface area contributed by atoms with E-state index in [0.29, 0.717) is 12.3 Å². The molecule has 17 heavy (non-hydrogen) atoms. The van der Waals surface area contributed by atoms with Gasteiger partial charge in [0.1, 0.15) is 0 Å². The van der Waals surface area contributed by atoms with E-state index in [4.69, 9.17) is 9.47 Å². The van der Waals surface area contributed by atoms with Crippen LogP contribution in [0.1, 0.15) is 26.2 Å². The van der Waals surface area contributed by atoms with Crippen LogP contribution in [0.4, 0.5) is 0 Å². The van der Waals surface area contributed by atoms with E-state index in [-0.39, 0.29) is 18.2 Å². The van der Waals surface area contributed by atoms with Crippen LogP contribution in [0, 0.1) is 5.92 Å². The SMILES string of the molecule is COC(OC)C(C)NC(=O)CC1CCCNC1. The third kappa shape index (κ3) is 5.02. The molecule has 0 aromatic heterocycles. The molecular formula is C12H24N2O3. The summed E-state index contributed by atoms with van der Waals surface area (Å²) in [4.78, 5) is 11.8. The third-order valence-corrected chi connectivity index (χ3v) is 3.13. The standard InChI is InChI=1S/C12H24N2O3/c1-9(12(16-2)17-3)14-11(15)7-10-5-4-6-13-8-10/h9-10,12-13H,4-8H2,1-3H3,(H,14,15). The molecule has 1 aliphatic heterocycles. The maximum Gasteiger partial charge on any atom is 0.220 e. The van der Waals surface area contributed by atoms with Crippen molar-refractivity contribution in [2.24, 2.45) is 5.92 Å². The van der Waals surface area contributed by atoms with Crippen LogP contribution in [-0.2, 0) is 14.3 Å². The molecule has 100 valence electrons. The van der Waals surface area contributed by atoms with E-state index in [1.165, 1.54) is 0 Å². The Bertz CT molecular complexity index is 226. The molecule has 5 heteroatoms. The molecule has 5 nitrogen and oxygen atoms in total. The Labute approximate surface area is 103 Å². The molecule has 0 spiro atoms. The van der Waals surface area contributed by atoms with Gasteiger partial charge >= 0.3 is 0 Å². The van der Waals surface area contributed by atoms with Gasteiger partial charge in [0.2, 0.25) is 5.91 Å². The predicted octanol–water partition coefficient (Wildman–Crippen LogP) is 0.500. The molecule has 0 aromatic carbocycles. The van der Waals surface area contributed by atoms with Crippen LogP contribution in [0.15, 0.2) is 0 Å². The summed E-state index contributed by atoms with van der Waals surface area (Å²) in [6.07, 6.45) is 2.49.